The lowest BCUT2D eigenvalue weighted by atomic mass is 10.2. The van der Waals surface area contributed by atoms with Gasteiger partial charge >= 0.3 is 8.17 Å². The van der Waals surface area contributed by atoms with Gasteiger partial charge in [-0.1, -0.05) is 27.7 Å². The highest BCUT2D eigenvalue weighted by atomic mass is 31.2. The number of ether oxygens (including phenoxy) is 1. The summed E-state index contributed by atoms with van der Waals surface area (Å²) in [5.41, 5.74) is 4.78. The molecule has 0 radical (unpaired) electrons. The first-order valence-electron chi connectivity index (χ1n) is 7.71. The van der Waals surface area contributed by atoms with E-state index in [2.05, 4.69) is 9.51 Å². The molecule has 1 saturated heterocycles. The summed E-state index contributed by atoms with van der Waals surface area (Å²) >= 11 is 0. The third-order valence-corrected chi connectivity index (χ3v) is 3.33. The molecule has 2 atom stereocenters. The Morgan fingerprint density at radius 2 is 1.96 bits per heavy atom. The van der Waals surface area contributed by atoms with Crippen LogP contribution < -0.4 is 5.73 Å². The molecule has 1 amide bonds. The minimum Gasteiger partial charge on any atom is -0.493 e. The summed E-state index contributed by atoms with van der Waals surface area (Å²) in [4.78, 5) is 40.8. The maximum Gasteiger partial charge on any atom is 0.567 e. The molecule has 1 aromatic rings. The molecule has 1 aliphatic heterocycles. The Morgan fingerprint density at radius 3 is 2.42 bits per heavy atom. The number of aromatic hydroxyl groups is 1. The minimum absolute atomic E-state index is 0.202. The number of imidazole rings is 1. The molecule has 6 N–H and O–H groups in total. The number of hydrogen-bond donors (Lipinski definition) is 5. The Balaban J connectivity index is 0.00000123. The first kappa shape index (κ1) is 22.7. The van der Waals surface area contributed by atoms with Crippen LogP contribution in [0.1, 0.15) is 57.3 Å². The molecule has 24 heavy (non-hydrogen) atoms. The van der Waals surface area contributed by atoms with Crippen LogP contribution in [-0.4, -0.2) is 48.0 Å². The van der Waals surface area contributed by atoms with Crippen molar-refractivity contribution >= 4 is 14.1 Å². The van der Waals surface area contributed by atoms with Crippen LogP contribution in [0.4, 0.5) is 0 Å². The molecule has 140 valence electrons. The van der Waals surface area contributed by atoms with Gasteiger partial charge in [0, 0.05) is 0 Å². The van der Waals surface area contributed by atoms with E-state index in [0.717, 1.165) is 0 Å². The van der Waals surface area contributed by atoms with Crippen LogP contribution in [0.3, 0.4) is 0 Å². The topological polar surface area (TPSA) is 160 Å². The van der Waals surface area contributed by atoms with Crippen molar-refractivity contribution in [1.82, 2.24) is 9.55 Å². The maximum atomic E-state index is 11.0. The highest BCUT2D eigenvalue weighted by Crippen LogP contribution is 2.46. The van der Waals surface area contributed by atoms with Crippen LogP contribution in [0.15, 0.2) is 6.33 Å². The van der Waals surface area contributed by atoms with Crippen molar-refractivity contribution in [2.45, 2.75) is 52.9 Å². The largest absolute Gasteiger partial charge is 0.567 e. The molecule has 1 fully saturated rings. The van der Waals surface area contributed by atoms with Gasteiger partial charge in [-0.15, -0.1) is 0 Å². The lowest BCUT2D eigenvalue weighted by Gasteiger charge is -2.14. The van der Waals surface area contributed by atoms with Crippen LogP contribution >= 0.6 is 8.17 Å². The molecule has 2 heterocycles. The van der Waals surface area contributed by atoms with E-state index >= 15 is 0 Å². The van der Waals surface area contributed by atoms with Gasteiger partial charge in [-0.25, -0.2) is 4.98 Å². The first-order valence-corrected chi connectivity index (χ1v) is 9.27. The number of amides is 1. The number of carbonyl (C=O) groups excluding carboxylic acids is 1. The average molecular weight is 368 g/mol. The number of aromatic nitrogens is 2. The van der Waals surface area contributed by atoms with Gasteiger partial charge in [0.25, 0.3) is 5.91 Å². The van der Waals surface area contributed by atoms with Crippen molar-refractivity contribution in [3.8, 4) is 5.88 Å². The highest BCUT2D eigenvalue weighted by molar-refractivity contribution is 7.53. The van der Waals surface area contributed by atoms with Gasteiger partial charge in [-0.3, -0.25) is 9.36 Å². The van der Waals surface area contributed by atoms with Gasteiger partial charge < -0.3 is 15.6 Å². The van der Waals surface area contributed by atoms with E-state index in [-0.39, 0.29) is 12.3 Å². The standard InChI is InChI=1S/C9H14N3O7P.2C2H6/c10-8(13)7-9(14)12(4-11-7)6-2-1-5(19-6)3-18-20(15,16)17;2*1-2/h4-6,15-17H,1-3H2,(H2-,10,13,14);2*1-2H3/p+1. The maximum absolute atomic E-state index is 11.0. The minimum atomic E-state index is -4.29. The van der Waals surface area contributed by atoms with E-state index in [1.807, 2.05) is 27.7 Å². The fourth-order valence-electron chi connectivity index (χ4n) is 1.94. The van der Waals surface area contributed by atoms with E-state index in [1.165, 1.54) is 10.9 Å². The Kier molecular flexibility index (Phi) is 9.98. The summed E-state index contributed by atoms with van der Waals surface area (Å²) in [7, 11) is -4.29. The van der Waals surface area contributed by atoms with Gasteiger partial charge in [0.2, 0.25) is 5.88 Å². The SMILES string of the molecule is CC.CC.NC(=O)c1ncn(C2CCC(CO[P+](O)(O)O)O2)c1O. The highest BCUT2D eigenvalue weighted by Gasteiger charge is 2.37. The van der Waals surface area contributed by atoms with Gasteiger partial charge in [0.05, 0.1) is 6.10 Å². The normalized spacial score (nSPS) is 19.8. The van der Waals surface area contributed by atoms with Crippen LogP contribution in [-0.2, 0) is 9.26 Å². The predicted molar refractivity (Wildman–Crippen MR) is 87.8 cm³/mol. The van der Waals surface area contributed by atoms with Crippen molar-refractivity contribution in [1.29, 1.82) is 0 Å². The zero-order chi connectivity index (χ0) is 18.9. The Labute approximate surface area is 141 Å². The fourth-order valence-corrected chi connectivity index (χ4v) is 2.30. The molecule has 0 aromatic carbocycles. The third-order valence-electron chi connectivity index (χ3n) is 2.83. The molecule has 1 aliphatic rings. The molecule has 0 bridgehead atoms. The molecule has 11 heteroatoms. The van der Waals surface area contributed by atoms with Gasteiger partial charge in [0.15, 0.2) is 5.69 Å². The summed E-state index contributed by atoms with van der Waals surface area (Å²) in [6.07, 6.45) is 1.17. The Morgan fingerprint density at radius 1 is 1.38 bits per heavy atom. The number of hydrogen-bond acceptors (Lipinski definition) is 8. The van der Waals surface area contributed by atoms with E-state index in [0.29, 0.717) is 12.8 Å². The monoisotopic (exact) mass is 368 g/mol. The van der Waals surface area contributed by atoms with Crippen LogP contribution in [0.5, 0.6) is 5.88 Å². The van der Waals surface area contributed by atoms with Crippen molar-refractivity contribution < 1.29 is 33.8 Å². The molecular formula is C13H27N3O7P+. The molecule has 0 aliphatic carbocycles. The number of carbonyl (C=O) groups is 1. The second-order valence-corrected chi connectivity index (χ2v) is 5.57. The summed E-state index contributed by atoms with van der Waals surface area (Å²) in [6.45, 7) is 7.80. The fraction of sp³-hybridized carbons (Fsp3) is 0.692. The van der Waals surface area contributed by atoms with Crippen molar-refractivity contribution in [3.05, 3.63) is 12.0 Å². The van der Waals surface area contributed by atoms with E-state index in [9.17, 15) is 9.90 Å². The van der Waals surface area contributed by atoms with E-state index < -0.39 is 32.3 Å². The summed E-state index contributed by atoms with van der Waals surface area (Å²) in [5.74, 6) is -1.24. The van der Waals surface area contributed by atoms with Crippen molar-refractivity contribution in [2.24, 2.45) is 5.73 Å². The molecule has 10 nitrogen and oxygen atoms in total. The van der Waals surface area contributed by atoms with Gasteiger partial charge in [-0.2, -0.15) is 19.2 Å². The molecule has 2 rings (SSSR count). The first-order chi connectivity index (χ1) is 11.3. The average Bonchev–Trinajstić information content (AvgIpc) is 3.15. The van der Waals surface area contributed by atoms with E-state index in [4.69, 9.17) is 25.2 Å². The Hall–Kier alpha value is -1.29. The quantitative estimate of drug-likeness (QED) is 0.483. The molecule has 0 saturated carbocycles. The summed E-state index contributed by atoms with van der Waals surface area (Å²) in [5, 5.41) is 9.78. The number of primary amides is 1. The second kappa shape index (κ2) is 10.5. The second-order valence-electron chi connectivity index (χ2n) is 4.29. The number of nitrogens with zero attached hydrogens (tertiary/aromatic N) is 2. The third kappa shape index (κ3) is 6.68. The molecule has 1 aromatic heterocycles. The molecule has 0 spiro atoms. The summed E-state index contributed by atoms with van der Waals surface area (Å²) < 4.78 is 11.2. The van der Waals surface area contributed by atoms with Crippen LogP contribution in [0.25, 0.3) is 0 Å². The van der Waals surface area contributed by atoms with Gasteiger partial charge in [0.1, 0.15) is 19.2 Å². The van der Waals surface area contributed by atoms with Crippen molar-refractivity contribution in [3.63, 3.8) is 0 Å². The zero-order valence-electron chi connectivity index (χ0n) is 14.3. The lowest BCUT2D eigenvalue weighted by Crippen LogP contribution is -2.17. The van der Waals surface area contributed by atoms with Crippen LogP contribution in [0.2, 0.25) is 0 Å². The van der Waals surface area contributed by atoms with E-state index in [1.54, 1.807) is 0 Å². The molecular weight excluding hydrogens is 341 g/mol. The summed E-state index contributed by atoms with van der Waals surface area (Å²) in [6, 6.07) is 0. The Bertz CT molecular complexity index is 504. The number of rotatable bonds is 5. The van der Waals surface area contributed by atoms with Crippen LogP contribution in [0, 0.1) is 0 Å². The molecule has 2 unspecified atom stereocenters. The number of nitrogens with two attached hydrogens (primary N) is 1. The predicted octanol–water partition coefficient (Wildman–Crippen LogP) is 1.09. The van der Waals surface area contributed by atoms with Gasteiger partial charge in [-0.05, 0) is 12.8 Å². The lowest BCUT2D eigenvalue weighted by molar-refractivity contribution is -0.0276. The smallest absolute Gasteiger partial charge is 0.493 e. The zero-order valence-corrected chi connectivity index (χ0v) is 15.2. The van der Waals surface area contributed by atoms with Crippen molar-refractivity contribution in [2.75, 3.05) is 6.61 Å².